The van der Waals surface area contributed by atoms with Crippen LogP contribution in [0.2, 0.25) is 0 Å². The van der Waals surface area contributed by atoms with Gasteiger partial charge in [-0.1, -0.05) is 12.1 Å². The summed E-state index contributed by atoms with van der Waals surface area (Å²) in [5.74, 6) is -0.646. The van der Waals surface area contributed by atoms with Crippen LogP contribution in [0.25, 0.3) is 5.69 Å². The van der Waals surface area contributed by atoms with Gasteiger partial charge in [0.1, 0.15) is 5.82 Å². The largest absolute Gasteiger partial charge is 0.345 e. The van der Waals surface area contributed by atoms with Crippen molar-refractivity contribution in [3.05, 3.63) is 77.4 Å². The Balaban J connectivity index is 1.77. The summed E-state index contributed by atoms with van der Waals surface area (Å²) in [4.78, 5) is 12.9. The molecule has 28 heavy (non-hydrogen) atoms. The molecule has 2 aromatic carbocycles. The smallest absolute Gasteiger partial charge is 0.255 e. The molecule has 1 heterocycles. The first kappa shape index (κ1) is 19.8. The van der Waals surface area contributed by atoms with Crippen LogP contribution < -0.4 is 5.32 Å². The fraction of sp³-hybridized carbons (Fsp3) is 0.200. The number of amides is 1. The van der Waals surface area contributed by atoms with Crippen molar-refractivity contribution in [3.8, 4) is 5.69 Å². The first-order valence-corrected chi connectivity index (χ1v) is 10.5. The van der Waals surface area contributed by atoms with Gasteiger partial charge in [-0.15, -0.1) is 0 Å². The summed E-state index contributed by atoms with van der Waals surface area (Å²) < 4.78 is 37.8. The van der Waals surface area contributed by atoms with Gasteiger partial charge in [0.15, 0.2) is 9.84 Å². The molecular formula is C20H20FN3O3S. The Labute approximate surface area is 162 Å². The van der Waals surface area contributed by atoms with Gasteiger partial charge >= 0.3 is 0 Å². The van der Waals surface area contributed by atoms with Crippen molar-refractivity contribution in [2.24, 2.45) is 0 Å². The maximum atomic E-state index is 13.1. The van der Waals surface area contributed by atoms with Crippen LogP contribution in [-0.4, -0.2) is 30.4 Å². The fourth-order valence-corrected chi connectivity index (χ4v) is 3.47. The summed E-state index contributed by atoms with van der Waals surface area (Å²) in [6.07, 6.45) is 2.61. The zero-order valence-corrected chi connectivity index (χ0v) is 16.5. The normalized spacial score (nSPS) is 12.6. The summed E-state index contributed by atoms with van der Waals surface area (Å²) in [6, 6.07) is 11.9. The number of hydrogen-bond donors (Lipinski definition) is 1. The van der Waals surface area contributed by atoms with Gasteiger partial charge in [-0.3, -0.25) is 4.79 Å². The number of sulfone groups is 1. The molecule has 1 unspecified atom stereocenters. The minimum absolute atomic E-state index is 0.228. The Hall–Kier alpha value is -3.00. The number of nitrogens with zero attached hydrogens (tertiary/aromatic N) is 2. The van der Waals surface area contributed by atoms with E-state index in [0.717, 1.165) is 11.8 Å². The number of rotatable bonds is 5. The standard InChI is InChI=1S/C20H20FN3O3S/c1-13(15-4-10-18(11-5-15)28(3,26)27)23-20(25)19-12-22-24(14(19)2)17-8-6-16(21)7-9-17/h4-13H,1-3H3,(H,23,25). The van der Waals surface area contributed by atoms with E-state index < -0.39 is 9.84 Å². The molecule has 0 aliphatic heterocycles. The predicted octanol–water partition coefficient (Wildman–Crippen LogP) is 3.21. The number of carbonyl (C=O) groups is 1. The molecule has 0 saturated carbocycles. The maximum Gasteiger partial charge on any atom is 0.255 e. The molecule has 0 bridgehead atoms. The van der Waals surface area contributed by atoms with Crippen molar-refractivity contribution in [2.75, 3.05) is 6.26 Å². The quantitative estimate of drug-likeness (QED) is 0.712. The molecule has 146 valence electrons. The van der Waals surface area contributed by atoms with Crippen LogP contribution in [0.5, 0.6) is 0 Å². The van der Waals surface area contributed by atoms with Gasteiger partial charge in [0.25, 0.3) is 5.91 Å². The molecule has 0 radical (unpaired) electrons. The van der Waals surface area contributed by atoms with Crippen LogP contribution in [-0.2, 0) is 9.84 Å². The van der Waals surface area contributed by atoms with Crippen molar-refractivity contribution in [1.29, 1.82) is 0 Å². The molecule has 3 aromatic rings. The van der Waals surface area contributed by atoms with Gasteiger partial charge in [0.05, 0.1) is 34.1 Å². The lowest BCUT2D eigenvalue weighted by atomic mass is 10.1. The minimum Gasteiger partial charge on any atom is -0.345 e. The molecule has 6 nitrogen and oxygen atoms in total. The second-order valence-electron chi connectivity index (χ2n) is 6.57. The topological polar surface area (TPSA) is 81.1 Å². The number of hydrogen-bond acceptors (Lipinski definition) is 4. The van der Waals surface area contributed by atoms with Gasteiger partial charge in [0, 0.05) is 6.26 Å². The Bertz CT molecular complexity index is 1100. The highest BCUT2D eigenvalue weighted by Crippen LogP contribution is 2.19. The summed E-state index contributed by atoms with van der Waals surface area (Å²) in [5, 5.41) is 7.11. The first-order valence-electron chi connectivity index (χ1n) is 8.58. The third kappa shape index (κ3) is 4.12. The minimum atomic E-state index is -3.27. The van der Waals surface area contributed by atoms with E-state index in [4.69, 9.17) is 0 Å². The SMILES string of the molecule is Cc1c(C(=O)NC(C)c2ccc(S(C)(=O)=O)cc2)cnn1-c1ccc(F)cc1. The number of halogens is 1. The molecule has 8 heteroatoms. The molecule has 0 aliphatic rings. The zero-order chi connectivity index (χ0) is 20.5. The van der Waals surface area contributed by atoms with Crippen molar-refractivity contribution >= 4 is 15.7 Å². The van der Waals surface area contributed by atoms with Crippen LogP contribution >= 0.6 is 0 Å². The van der Waals surface area contributed by atoms with Crippen LogP contribution in [0.3, 0.4) is 0 Å². The van der Waals surface area contributed by atoms with E-state index in [9.17, 15) is 17.6 Å². The molecule has 0 spiro atoms. The molecule has 3 rings (SSSR count). The molecule has 0 aliphatic carbocycles. The van der Waals surface area contributed by atoms with E-state index in [2.05, 4.69) is 10.4 Å². The van der Waals surface area contributed by atoms with Gasteiger partial charge in [-0.05, 0) is 55.8 Å². The van der Waals surface area contributed by atoms with E-state index in [-0.39, 0.29) is 22.7 Å². The molecule has 1 N–H and O–H groups in total. The zero-order valence-electron chi connectivity index (χ0n) is 15.7. The molecule has 0 fully saturated rings. The first-order chi connectivity index (χ1) is 13.2. The van der Waals surface area contributed by atoms with Gasteiger partial charge in [-0.2, -0.15) is 5.10 Å². The van der Waals surface area contributed by atoms with Gasteiger partial charge in [0.2, 0.25) is 0 Å². The highest BCUT2D eigenvalue weighted by molar-refractivity contribution is 7.90. The summed E-state index contributed by atoms with van der Waals surface area (Å²) in [6.45, 7) is 3.57. The number of aromatic nitrogens is 2. The number of carbonyl (C=O) groups excluding carboxylic acids is 1. The highest BCUT2D eigenvalue weighted by Gasteiger charge is 2.18. The average molecular weight is 401 g/mol. The van der Waals surface area contributed by atoms with Crippen molar-refractivity contribution in [2.45, 2.75) is 24.8 Å². The fourth-order valence-electron chi connectivity index (χ4n) is 2.84. The van der Waals surface area contributed by atoms with Gasteiger partial charge in [-0.25, -0.2) is 17.5 Å². The Morgan fingerprint density at radius 3 is 2.29 bits per heavy atom. The third-order valence-corrected chi connectivity index (χ3v) is 5.61. The van der Waals surface area contributed by atoms with Crippen molar-refractivity contribution in [3.63, 3.8) is 0 Å². The van der Waals surface area contributed by atoms with Crippen molar-refractivity contribution < 1.29 is 17.6 Å². The lowest BCUT2D eigenvalue weighted by Gasteiger charge is -2.15. The maximum absolute atomic E-state index is 13.1. The molecular weight excluding hydrogens is 381 g/mol. The molecule has 0 saturated heterocycles. The van der Waals surface area contributed by atoms with Crippen LogP contribution in [0.15, 0.2) is 59.6 Å². The Morgan fingerprint density at radius 1 is 1.11 bits per heavy atom. The van der Waals surface area contributed by atoms with E-state index in [0.29, 0.717) is 16.9 Å². The lowest BCUT2D eigenvalue weighted by molar-refractivity contribution is 0.0939. The number of nitrogens with one attached hydrogen (secondary N) is 1. The summed E-state index contributed by atoms with van der Waals surface area (Å²) in [7, 11) is -3.27. The van der Waals surface area contributed by atoms with Crippen LogP contribution in [0.4, 0.5) is 4.39 Å². The van der Waals surface area contributed by atoms with Gasteiger partial charge < -0.3 is 5.32 Å². The lowest BCUT2D eigenvalue weighted by Crippen LogP contribution is -2.27. The number of benzene rings is 2. The highest BCUT2D eigenvalue weighted by atomic mass is 32.2. The van der Waals surface area contributed by atoms with Crippen LogP contribution in [0.1, 0.15) is 34.6 Å². The summed E-state index contributed by atoms with van der Waals surface area (Å²) in [5.41, 5.74) is 2.47. The monoisotopic (exact) mass is 401 g/mol. The molecule has 1 aromatic heterocycles. The van der Waals surface area contributed by atoms with Crippen molar-refractivity contribution in [1.82, 2.24) is 15.1 Å². The van der Waals surface area contributed by atoms with Crippen LogP contribution in [0, 0.1) is 12.7 Å². The predicted molar refractivity (Wildman–Crippen MR) is 104 cm³/mol. The van der Waals surface area contributed by atoms with E-state index in [1.165, 1.54) is 30.5 Å². The second kappa shape index (κ2) is 7.55. The summed E-state index contributed by atoms with van der Waals surface area (Å²) >= 11 is 0. The third-order valence-electron chi connectivity index (χ3n) is 4.48. The average Bonchev–Trinajstić information content (AvgIpc) is 3.03. The Morgan fingerprint density at radius 2 is 1.71 bits per heavy atom. The molecule has 1 amide bonds. The second-order valence-corrected chi connectivity index (χ2v) is 8.58. The van der Waals surface area contributed by atoms with E-state index in [1.54, 1.807) is 35.9 Å². The molecule has 1 atom stereocenters. The van der Waals surface area contributed by atoms with E-state index in [1.807, 2.05) is 6.92 Å². The van der Waals surface area contributed by atoms with E-state index >= 15 is 0 Å². The Kier molecular flexibility index (Phi) is 5.33.